The van der Waals surface area contributed by atoms with Crippen LogP contribution in [0.15, 0.2) is 53.7 Å². The lowest BCUT2D eigenvalue weighted by molar-refractivity contribution is -0.384. The summed E-state index contributed by atoms with van der Waals surface area (Å²) in [6, 6.07) is 11.6. The van der Waals surface area contributed by atoms with E-state index in [2.05, 4.69) is 15.4 Å². The Balaban J connectivity index is 1.72. The number of H-pyrrole nitrogens is 1. The van der Waals surface area contributed by atoms with Crippen molar-refractivity contribution in [3.8, 4) is 11.3 Å². The molecule has 3 aromatic rings. The van der Waals surface area contributed by atoms with Crippen molar-refractivity contribution in [2.24, 2.45) is 10.9 Å². The topological polar surface area (TPSA) is 137 Å². The minimum absolute atomic E-state index is 0.0290. The van der Waals surface area contributed by atoms with E-state index in [1.807, 2.05) is 0 Å². The SMILES string of the molecule is N/C(=N\OC(=O)c1cc(-c2ccc(Cl)cc2Cl)n[nH]1)c1ccc([N+](=O)[O-])cc1. The number of hydrogen-bond acceptors (Lipinski definition) is 6. The van der Waals surface area contributed by atoms with Crippen LogP contribution in [0.3, 0.4) is 0 Å². The fraction of sp³-hybridized carbons (Fsp3) is 0. The Kier molecular flexibility index (Phi) is 5.57. The average molecular weight is 420 g/mol. The Morgan fingerprint density at radius 2 is 1.89 bits per heavy atom. The van der Waals surface area contributed by atoms with Crippen molar-refractivity contribution >= 4 is 40.7 Å². The van der Waals surface area contributed by atoms with Crippen molar-refractivity contribution in [1.82, 2.24) is 10.2 Å². The van der Waals surface area contributed by atoms with Crippen molar-refractivity contribution in [2.45, 2.75) is 0 Å². The number of nitrogens with one attached hydrogen (secondary N) is 1. The lowest BCUT2D eigenvalue weighted by Gasteiger charge is -2.00. The smallest absolute Gasteiger partial charge is 0.380 e. The molecule has 1 aromatic heterocycles. The summed E-state index contributed by atoms with van der Waals surface area (Å²) in [6.07, 6.45) is 0. The molecule has 0 atom stereocenters. The molecule has 0 unspecified atom stereocenters. The summed E-state index contributed by atoms with van der Waals surface area (Å²) < 4.78 is 0. The summed E-state index contributed by atoms with van der Waals surface area (Å²) in [5, 5.41) is 21.6. The van der Waals surface area contributed by atoms with Crippen molar-refractivity contribution in [1.29, 1.82) is 0 Å². The molecule has 0 radical (unpaired) electrons. The molecule has 0 fully saturated rings. The maximum atomic E-state index is 12.1. The lowest BCUT2D eigenvalue weighted by atomic mass is 10.1. The molecule has 0 aliphatic rings. The molecule has 0 bridgehead atoms. The molecule has 2 aromatic carbocycles. The highest BCUT2D eigenvalue weighted by Gasteiger charge is 2.15. The van der Waals surface area contributed by atoms with Gasteiger partial charge >= 0.3 is 5.97 Å². The Morgan fingerprint density at radius 1 is 1.18 bits per heavy atom. The molecule has 28 heavy (non-hydrogen) atoms. The molecular weight excluding hydrogens is 409 g/mol. The average Bonchev–Trinajstić information content (AvgIpc) is 3.15. The van der Waals surface area contributed by atoms with Crippen LogP contribution in [0, 0.1) is 10.1 Å². The fourth-order valence-corrected chi connectivity index (χ4v) is 2.71. The van der Waals surface area contributed by atoms with Crippen LogP contribution in [0.1, 0.15) is 16.1 Å². The maximum absolute atomic E-state index is 12.1. The van der Waals surface area contributed by atoms with E-state index in [9.17, 15) is 14.9 Å². The number of nitrogens with zero attached hydrogens (tertiary/aromatic N) is 3. The minimum atomic E-state index is -0.825. The molecule has 0 saturated carbocycles. The van der Waals surface area contributed by atoms with Crippen molar-refractivity contribution < 1.29 is 14.6 Å². The molecule has 0 saturated heterocycles. The van der Waals surface area contributed by atoms with Gasteiger partial charge in [0, 0.05) is 28.3 Å². The largest absolute Gasteiger partial charge is 0.383 e. The number of nitrogens with two attached hydrogens (primary N) is 1. The highest BCUT2D eigenvalue weighted by atomic mass is 35.5. The number of aromatic nitrogens is 2. The number of non-ortho nitro benzene ring substituents is 1. The van der Waals surface area contributed by atoms with Crippen LogP contribution in [0.5, 0.6) is 0 Å². The van der Waals surface area contributed by atoms with Gasteiger partial charge in [0.05, 0.1) is 15.6 Å². The summed E-state index contributed by atoms with van der Waals surface area (Å²) in [6.45, 7) is 0. The lowest BCUT2D eigenvalue weighted by Crippen LogP contribution is -2.15. The predicted molar refractivity (Wildman–Crippen MR) is 103 cm³/mol. The van der Waals surface area contributed by atoms with Gasteiger partial charge < -0.3 is 10.6 Å². The molecule has 11 heteroatoms. The van der Waals surface area contributed by atoms with Crippen molar-refractivity contribution in [2.75, 3.05) is 0 Å². The summed E-state index contributed by atoms with van der Waals surface area (Å²) in [5.41, 5.74) is 7.01. The van der Waals surface area contributed by atoms with E-state index in [-0.39, 0.29) is 17.2 Å². The Hall–Kier alpha value is -3.43. The first kappa shape index (κ1) is 19.3. The zero-order valence-electron chi connectivity index (χ0n) is 13.9. The number of rotatable bonds is 5. The first-order valence-corrected chi connectivity index (χ1v) is 8.41. The van der Waals surface area contributed by atoms with E-state index in [1.165, 1.54) is 30.3 Å². The summed E-state index contributed by atoms with van der Waals surface area (Å²) in [5.74, 6) is -0.947. The van der Waals surface area contributed by atoms with Crippen LogP contribution in [-0.4, -0.2) is 26.9 Å². The molecule has 3 N–H and O–H groups in total. The second-order valence-corrected chi connectivity index (χ2v) is 6.29. The van der Waals surface area contributed by atoms with Crippen LogP contribution in [0.4, 0.5) is 5.69 Å². The number of carbonyl (C=O) groups excluding carboxylic acids is 1. The van der Waals surface area contributed by atoms with Gasteiger partial charge in [-0.25, -0.2) is 4.79 Å². The molecule has 0 aliphatic heterocycles. The van der Waals surface area contributed by atoms with Crippen LogP contribution in [0.25, 0.3) is 11.3 Å². The van der Waals surface area contributed by atoms with Crippen LogP contribution >= 0.6 is 23.2 Å². The molecule has 0 amide bonds. The third-order valence-electron chi connectivity index (χ3n) is 3.61. The summed E-state index contributed by atoms with van der Waals surface area (Å²) >= 11 is 12.0. The van der Waals surface area contributed by atoms with Crippen molar-refractivity contribution in [3.63, 3.8) is 0 Å². The molecule has 0 aliphatic carbocycles. The Bertz CT molecular complexity index is 1080. The second-order valence-electron chi connectivity index (χ2n) is 5.45. The zero-order valence-corrected chi connectivity index (χ0v) is 15.4. The number of nitro groups is 1. The van der Waals surface area contributed by atoms with Crippen molar-refractivity contribution in [3.05, 3.63) is 79.9 Å². The highest BCUT2D eigenvalue weighted by Crippen LogP contribution is 2.29. The number of amidine groups is 1. The van der Waals surface area contributed by atoms with E-state index in [0.717, 1.165) is 0 Å². The number of nitro benzene ring substituents is 1. The van der Waals surface area contributed by atoms with Crippen LogP contribution < -0.4 is 5.73 Å². The molecule has 9 nitrogen and oxygen atoms in total. The van der Waals surface area contributed by atoms with E-state index >= 15 is 0 Å². The van der Waals surface area contributed by atoms with Gasteiger partial charge in [-0.05, 0) is 36.4 Å². The van der Waals surface area contributed by atoms with Gasteiger partial charge in [0.25, 0.3) is 5.69 Å². The van der Waals surface area contributed by atoms with Gasteiger partial charge in [-0.2, -0.15) is 5.10 Å². The van der Waals surface area contributed by atoms with Gasteiger partial charge in [0.15, 0.2) is 5.84 Å². The van der Waals surface area contributed by atoms with Gasteiger partial charge in [0.2, 0.25) is 0 Å². The van der Waals surface area contributed by atoms with Gasteiger partial charge in [-0.15, -0.1) is 0 Å². The first-order chi connectivity index (χ1) is 13.3. The molecule has 1 heterocycles. The highest BCUT2D eigenvalue weighted by molar-refractivity contribution is 6.36. The normalized spacial score (nSPS) is 11.3. The second kappa shape index (κ2) is 8.07. The summed E-state index contributed by atoms with van der Waals surface area (Å²) in [7, 11) is 0. The number of oxime groups is 1. The monoisotopic (exact) mass is 419 g/mol. The minimum Gasteiger partial charge on any atom is -0.380 e. The Morgan fingerprint density at radius 3 is 2.54 bits per heavy atom. The van der Waals surface area contributed by atoms with E-state index < -0.39 is 10.9 Å². The summed E-state index contributed by atoms with van der Waals surface area (Å²) in [4.78, 5) is 27.0. The third kappa shape index (κ3) is 4.27. The number of aromatic amines is 1. The standard InChI is InChI=1S/C17H11Cl2N5O4/c18-10-3-6-12(13(19)7-10)14-8-15(22-21-14)17(25)28-23-16(20)9-1-4-11(5-2-9)24(26)27/h1-8H,(H2,20,23)(H,21,22). The van der Waals surface area contributed by atoms with Crippen LogP contribution in [0.2, 0.25) is 10.0 Å². The van der Waals surface area contributed by atoms with Gasteiger partial charge in [0.1, 0.15) is 5.69 Å². The third-order valence-corrected chi connectivity index (χ3v) is 4.15. The zero-order chi connectivity index (χ0) is 20.3. The quantitative estimate of drug-likeness (QED) is 0.212. The van der Waals surface area contributed by atoms with E-state index in [4.69, 9.17) is 33.8 Å². The number of hydrogen-bond donors (Lipinski definition) is 2. The predicted octanol–water partition coefficient (Wildman–Crippen LogP) is 3.77. The van der Waals surface area contributed by atoms with E-state index in [1.54, 1.807) is 18.2 Å². The maximum Gasteiger partial charge on any atom is 0.383 e. The number of benzene rings is 2. The number of halogens is 2. The Labute approximate surface area is 167 Å². The first-order valence-electron chi connectivity index (χ1n) is 7.65. The van der Waals surface area contributed by atoms with Gasteiger partial charge in [-0.1, -0.05) is 28.4 Å². The molecule has 0 spiro atoms. The molecule has 3 rings (SSSR count). The number of carbonyl (C=O) groups is 1. The van der Waals surface area contributed by atoms with Gasteiger partial charge in [-0.3, -0.25) is 15.2 Å². The van der Waals surface area contributed by atoms with Crippen LogP contribution in [-0.2, 0) is 4.84 Å². The van der Waals surface area contributed by atoms with E-state index in [0.29, 0.717) is 26.9 Å². The molecular formula is C17H11Cl2N5O4. The fourth-order valence-electron chi connectivity index (χ4n) is 2.21. The molecule has 142 valence electrons.